The summed E-state index contributed by atoms with van der Waals surface area (Å²) in [4.78, 5) is 33.8. The molecule has 6 nitrogen and oxygen atoms in total. The average molecular weight is 262 g/mol. The lowest BCUT2D eigenvalue weighted by molar-refractivity contribution is -0.148. The van der Waals surface area contributed by atoms with Gasteiger partial charge in [-0.3, -0.25) is 9.59 Å². The minimum absolute atomic E-state index is 0.0592. The Morgan fingerprint density at radius 3 is 2.53 bits per heavy atom. The van der Waals surface area contributed by atoms with E-state index in [1.807, 2.05) is 20.8 Å². The maximum Gasteiger partial charge on any atom is 0.246 e. The summed E-state index contributed by atoms with van der Waals surface area (Å²) in [7, 11) is 0. The van der Waals surface area contributed by atoms with Crippen molar-refractivity contribution in [3.05, 3.63) is 24.3 Å². The lowest BCUT2D eigenvalue weighted by Crippen LogP contribution is -2.61. The Morgan fingerprint density at radius 1 is 1.32 bits per heavy atom. The molecular formula is C13H18N4O2. The van der Waals surface area contributed by atoms with Crippen LogP contribution in [0.4, 0.5) is 0 Å². The van der Waals surface area contributed by atoms with Gasteiger partial charge < -0.3 is 10.2 Å². The van der Waals surface area contributed by atoms with Crippen LogP contribution < -0.4 is 5.32 Å². The van der Waals surface area contributed by atoms with E-state index in [9.17, 15) is 9.59 Å². The topological polar surface area (TPSA) is 75.2 Å². The van der Waals surface area contributed by atoms with Gasteiger partial charge >= 0.3 is 0 Å². The van der Waals surface area contributed by atoms with Gasteiger partial charge in [0.15, 0.2) is 0 Å². The molecule has 1 unspecified atom stereocenters. The molecule has 1 saturated heterocycles. The van der Waals surface area contributed by atoms with Crippen molar-refractivity contribution in [1.29, 1.82) is 0 Å². The molecule has 1 aliphatic heterocycles. The smallest absolute Gasteiger partial charge is 0.246 e. The molecule has 0 aromatic carbocycles. The third-order valence-electron chi connectivity index (χ3n) is 3.02. The van der Waals surface area contributed by atoms with Gasteiger partial charge in [0.05, 0.1) is 6.54 Å². The molecule has 1 N–H and O–H groups in total. The fourth-order valence-electron chi connectivity index (χ4n) is 2.01. The summed E-state index contributed by atoms with van der Waals surface area (Å²) in [6.45, 7) is 6.11. The highest BCUT2D eigenvalue weighted by Crippen LogP contribution is 2.23. The molecule has 1 aromatic rings. The summed E-state index contributed by atoms with van der Waals surface area (Å²) < 4.78 is 0. The maximum atomic E-state index is 12.4. The molecule has 2 heterocycles. The summed E-state index contributed by atoms with van der Waals surface area (Å²) in [5.74, 6) is 0.313. The number of rotatable bonds is 2. The minimum atomic E-state index is -0.502. The molecule has 6 heteroatoms. The van der Waals surface area contributed by atoms with Gasteiger partial charge in [0.2, 0.25) is 11.8 Å². The Labute approximate surface area is 112 Å². The number of nitrogens with one attached hydrogen (secondary N) is 1. The second-order valence-corrected chi connectivity index (χ2v) is 5.73. The van der Waals surface area contributed by atoms with E-state index in [-0.39, 0.29) is 30.3 Å². The first-order chi connectivity index (χ1) is 8.88. The van der Waals surface area contributed by atoms with E-state index >= 15 is 0 Å². The van der Waals surface area contributed by atoms with Gasteiger partial charge in [-0.1, -0.05) is 20.8 Å². The Hall–Kier alpha value is -1.98. The highest BCUT2D eigenvalue weighted by molar-refractivity contribution is 5.95. The van der Waals surface area contributed by atoms with Crippen LogP contribution in [0.5, 0.6) is 0 Å². The van der Waals surface area contributed by atoms with Crippen LogP contribution in [-0.4, -0.2) is 39.3 Å². The standard InChI is InChI=1S/C13H18N4O2/c1-13(2,3)11-12(19)17(8-10(18)16-11)7-9-14-5-4-6-15-9/h4-6,11H,7-8H2,1-3H3,(H,16,18). The van der Waals surface area contributed by atoms with Gasteiger partial charge in [0.1, 0.15) is 18.4 Å². The first kappa shape index (κ1) is 13.5. The number of piperazine rings is 1. The highest BCUT2D eigenvalue weighted by Gasteiger charge is 2.39. The number of carbonyl (C=O) groups excluding carboxylic acids is 2. The number of amides is 2. The molecule has 1 atom stereocenters. The molecule has 0 radical (unpaired) electrons. The number of hydrogen-bond donors (Lipinski definition) is 1. The molecule has 0 aliphatic carbocycles. The monoisotopic (exact) mass is 262 g/mol. The molecule has 1 aliphatic rings. The third kappa shape index (κ3) is 3.07. The van der Waals surface area contributed by atoms with E-state index in [2.05, 4.69) is 15.3 Å². The number of aromatic nitrogens is 2. The molecule has 2 amide bonds. The van der Waals surface area contributed by atoms with Gasteiger partial charge in [-0.15, -0.1) is 0 Å². The van der Waals surface area contributed by atoms with Crippen LogP contribution in [-0.2, 0) is 16.1 Å². The van der Waals surface area contributed by atoms with Crippen LogP contribution in [0, 0.1) is 5.41 Å². The van der Waals surface area contributed by atoms with Gasteiger partial charge in [-0.2, -0.15) is 0 Å². The molecule has 0 bridgehead atoms. The van der Waals surface area contributed by atoms with Gasteiger partial charge in [-0.25, -0.2) is 9.97 Å². The van der Waals surface area contributed by atoms with Crippen molar-refractivity contribution in [2.24, 2.45) is 5.41 Å². The van der Waals surface area contributed by atoms with E-state index in [0.717, 1.165) is 0 Å². The predicted octanol–water partition coefficient (Wildman–Crippen LogP) is 0.350. The zero-order valence-electron chi connectivity index (χ0n) is 11.4. The quantitative estimate of drug-likeness (QED) is 0.834. The molecule has 1 fully saturated rings. The first-order valence-corrected chi connectivity index (χ1v) is 6.22. The van der Waals surface area contributed by atoms with Crippen molar-refractivity contribution in [3.63, 3.8) is 0 Å². The highest BCUT2D eigenvalue weighted by atomic mass is 16.2. The van der Waals surface area contributed by atoms with E-state index < -0.39 is 6.04 Å². The van der Waals surface area contributed by atoms with Crippen LogP contribution in [0.3, 0.4) is 0 Å². The molecule has 2 rings (SSSR count). The van der Waals surface area contributed by atoms with Crippen molar-refractivity contribution in [3.8, 4) is 0 Å². The van der Waals surface area contributed by atoms with Crippen LogP contribution in [0.25, 0.3) is 0 Å². The van der Waals surface area contributed by atoms with E-state index in [1.54, 1.807) is 18.5 Å². The third-order valence-corrected chi connectivity index (χ3v) is 3.02. The van der Waals surface area contributed by atoms with Gasteiger partial charge in [-0.05, 0) is 11.5 Å². The number of carbonyl (C=O) groups is 2. The van der Waals surface area contributed by atoms with Gasteiger partial charge in [0, 0.05) is 12.4 Å². The largest absolute Gasteiger partial charge is 0.342 e. The summed E-state index contributed by atoms with van der Waals surface area (Å²) in [6, 6.07) is 1.21. The number of nitrogens with zero attached hydrogens (tertiary/aromatic N) is 3. The summed E-state index contributed by atoms with van der Waals surface area (Å²) in [5.41, 5.74) is -0.317. The van der Waals surface area contributed by atoms with Crippen molar-refractivity contribution >= 4 is 11.8 Å². The Balaban J connectivity index is 2.16. The second-order valence-electron chi connectivity index (χ2n) is 5.73. The normalized spacial score (nSPS) is 20.4. The van der Waals surface area contributed by atoms with Crippen LogP contribution >= 0.6 is 0 Å². The fraction of sp³-hybridized carbons (Fsp3) is 0.538. The Morgan fingerprint density at radius 2 is 1.95 bits per heavy atom. The lowest BCUT2D eigenvalue weighted by Gasteiger charge is -2.38. The molecule has 1 aromatic heterocycles. The van der Waals surface area contributed by atoms with Crippen molar-refractivity contribution in [1.82, 2.24) is 20.2 Å². The summed E-state index contributed by atoms with van der Waals surface area (Å²) in [6.07, 6.45) is 3.25. The Kier molecular flexibility index (Phi) is 3.50. The summed E-state index contributed by atoms with van der Waals surface area (Å²) in [5, 5.41) is 2.75. The van der Waals surface area contributed by atoms with E-state index in [1.165, 1.54) is 4.90 Å². The maximum absolute atomic E-state index is 12.4. The molecule has 19 heavy (non-hydrogen) atoms. The summed E-state index contributed by atoms with van der Waals surface area (Å²) >= 11 is 0. The number of hydrogen-bond acceptors (Lipinski definition) is 4. The first-order valence-electron chi connectivity index (χ1n) is 6.22. The molecule has 0 spiro atoms. The fourth-order valence-corrected chi connectivity index (χ4v) is 2.01. The van der Waals surface area contributed by atoms with E-state index in [0.29, 0.717) is 5.82 Å². The van der Waals surface area contributed by atoms with Crippen molar-refractivity contribution in [2.45, 2.75) is 33.4 Å². The Bertz CT molecular complexity index is 481. The zero-order valence-corrected chi connectivity index (χ0v) is 11.4. The SMILES string of the molecule is CC(C)(C)C1NC(=O)CN(Cc2ncccn2)C1=O. The zero-order chi connectivity index (χ0) is 14.0. The predicted molar refractivity (Wildman–Crippen MR) is 68.8 cm³/mol. The minimum Gasteiger partial charge on any atom is -0.342 e. The second kappa shape index (κ2) is 4.95. The van der Waals surface area contributed by atoms with Crippen LogP contribution in [0.2, 0.25) is 0 Å². The van der Waals surface area contributed by atoms with Gasteiger partial charge in [0.25, 0.3) is 0 Å². The molecule has 102 valence electrons. The molecule has 0 saturated carbocycles. The van der Waals surface area contributed by atoms with E-state index in [4.69, 9.17) is 0 Å². The molecular weight excluding hydrogens is 244 g/mol. The van der Waals surface area contributed by atoms with Crippen LogP contribution in [0.1, 0.15) is 26.6 Å². The van der Waals surface area contributed by atoms with Crippen LogP contribution in [0.15, 0.2) is 18.5 Å². The average Bonchev–Trinajstić information content (AvgIpc) is 2.33. The van der Waals surface area contributed by atoms with Crippen molar-refractivity contribution in [2.75, 3.05) is 6.54 Å². The lowest BCUT2D eigenvalue weighted by atomic mass is 9.85. The van der Waals surface area contributed by atoms with Crippen molar-refractivity contribution < 1.29 is 9.59 Å².